The third-order valence-corrected chi connectivity index (χ3v) is 3.57. The van der Waals surface area contributed by atoms with Crippen LogP contribution in [-0.2, 0) is 11.2 Å². The van der Waals surface area contributed by atoms with Gasteiger partial charge in [0, 0.05) is 18.3 Å². The van der Waals surface area contributed by atoms with Crippen molar-refractivity contribution in [2.75, 3.05) is 5.32 Å². The molecule has 1 amide bonds. The molecule has 0 fully saturated rings. The average molecular weight is 316 g/mol. The fourth-order valence-corrected chi connectivity index (χ4v) is 2.36. The summed E-state index contributed by atoms with van der Waals surface area (Å²) in [5.41, 5.74) is 3.15. The number of hydrogen-bond donors (Lipinski definition) is 1. The number of nitriles is 1. The SMILES string of the molecule is N#Cc1cccc(NC(=O)CCc2cnn(-c3ccccc3)c2)c1. The molecule has 2 aromatic carbocycles. The Bertz CT molecular complexity index is 878. The summed E-state index contributed by atoms with van der Waals surface area (Å²) >= 11 is 0. The second-order valence-corrected chi connectivity index (χ2v) is 5.37. The molecule has 5 heteroatoms. The Morgan fingerprint density at radius 3 is 2.79 bits per heavy atom. The largest absolute Gasteiger partial charge is 0.326 e. The van der Waals surface area contributed by atoms with E-state index in [1.807, 2.05) is 36.5 Å². The molecular weight excluding hydrogens is 300 g/mol. The van der Waals surface area contributed by atoms with E-state index < -0.39 is 0 Å². The first-order valence-corrected chi connectivity index (χ1v) is 7.63. The smallest absolute Gasteiger partial charge is 0.224 e. The highest BCUT2D eigenvalue weighted by molar-refractivity contribution is 5.90. The highest BCUT2D eigenvalue weighted by Crippen LogP contribution is 2.12. The van der Waals surface area contributed by atoms with E-state index >= 15 is 0 Å². The van der Waals surface area contributed by atoms with Gasteiger partial charge in [0.05, 0.1) is 23.5 Å². The summed E-state index contributed by atoms with van der Waals surface area (Å²) in [6, 6.07) is 18.8. The van der Waals surface area contributed by atoms with Crippen LogP contribution in [0.4, 0.5) is 5.69 Å². The third kappa shape index (κ3) is 3.87. The first-order valence-electron chi connectivity index (χ1n) is 7.63. The lowest BCUT2D eigenvalue weighted by molar-refractivity contribution is -0.116. The Morgan fingerprint density at radius 1 is 1.17 bits per heavy atom. The van der Waals surface area contributed by atoms with Crippen molar-refractivity contribution in [1.29, 1.82) is 5.26 Å². The number of nitrogens with one attached hydrogen (secondary N) is 1. The number of aryl methyl sites for hydroxylation is 1. The van der Waals surface area contributed by atoms with Gasteiger partial charge in [-0.05, 0) is 42.3 Å². The molecule has 0 atom stereocenters. The average Bonchev–Trinajstić information content (AvgIpc) is 3.10. The quantitative estimate of drug-likeness (QED) is 0.785. The van der Waals surface area contributed by atoms with Crippen LogP contribution in [0.25, 0.3) is 5.69 Å². The maximum absolute atomic E-state index is 12.0. The van der Waals surface area contributed by atoms with Gasteiger partial charge >= 0.3 is 0 Å². The number of para-hydroxylation sites is 1. The fraction of sp³-hybridized carbons (Fsp3) is 0.105. The second-order valence-electron chi connectivity index (χ2n) is 5.37. The van der Waals surface area contributed by atoms with Gasteiger partial charge in [0.1, 0.15) is 0 Å². The van der Waals surface area contributed by atoms with Gasteiger partial charge in [-0.3, -0.25) is 4.79 Å². The highest BCUT2D eigenvalue weighted by atomic mass is 16.1. The summed E-state index contributed by atoms with van der Waals surface area (Å²) in [6.45, 7) is 0. The van der Waals surface area contributed by atoms with Gasteiger partial charge in [-0.2, -0.15) is 10.4 Å². The van der Waals surface area contributed by atoms with E-state index in [0.717, 1.165) is 11.3 Å². The van der Waals surface area contributed by atoms with Crippen molar-refractivity contribution in [3.05, 3.63) is 78.1 Å². The van der Waals surface area contributed by atoms with Crippen LogP contribution in [0, 0.1) is 11.3 Å². The number of nitrogens with zero attached hydrogens (tertiary/aromatic N) is 3. The third-order valence-electron chi connectivity index (χ3n) is 3.57. The molecular formula is C19H16N4O. The van der Waals surface area contributed by atoms with Crippen molar-refractivity contribution in [3.8, 4) is 11.8 Å². The van der Waals surface area contributed by atoms with Crippen LogP contribution in [0.5, 0.6) is 0 Å². The molecule has 24 heavy (non-hydrogen) atoms. The van der Waals surface area contributed by atoms with Crippen molar-refractivity contribution in [3.63, 3.8) is 0 Å². The Hall–Kier alpha value is -3.39. The van der Waals surface area contributed by atoms with E-state index in [4.69, 9.17) is 5.26 Å². The lowest BCUT2D eigenvalue weighted by atomic mass is 10.2. The minimum Gasteiger partial charge on any atom is -0.326 e. The molecule has 1 aromatic heterocycles. The number of anilines is 1. The molecule has 3 rings (SSSR count). The monoisotopic (exact) mass is 316 g/mol. The van der Waals surface area contributed by atoms with Gasteiger partial charge in [-0.25, -0.2) is 4.68 Å². The first kappa shape index (κ1) is 15.5. The minimum atomic E-state index is -0.0856. The summed E-state index contributed by atoms with van der Waals surface area (Å²) in [5.74, 6) is -0.0856. The van der Waals surface area contributed by atoms with E-state index in [9.17, 15) is 4.79 Å². The summed E-state index contributed by atoms with van der Waals surface area (Å²) in [4.78, 5) is 12.0. The molecule has 0 saturated carbocycles. The summed E-state index contributed by atoms with van der Waals surface area (Å²) < 4.78 is 1.80. The van der Waals surface area contributed by atoms with Crippen LogP contribution in [0.3, 0.4) is 0 Å². The molecule has 0 saturated heterocycles. The summed E-state index contributed by atoms with van der Waals surface area (Å²) in [7, 11) is 0. The first-order chi connectivity index (χ1) is 11.7. The van der Waals surface area contributed by atoms with Gasteiger partial charge in [0.25, 0.3) is 0 Å². The number of rotatable bonds is 5. The molecule has 0 radical (unpaired) electrons. The fourth-order valence-electron chi connectivity index (χ4n) is 2.36. The van der Waals surface area contributed by atoms with E-state index in [0.29, 0.717) is 24.1 Å². The van der Waals surface area contributed by atoms with Gasteiger partial charge < -0.3 is 5.32 Å². The molecule has 0 spiro atoms. The number of carbonyl (C=O) groups is 1. The summed E-state index contributed by atoms with van der Waals surface area (Å²) in [6.07, 6.45) is 4.67. The van der Waals surface area contributed by atoms with Crippen LogP contribution in [0.1, 0.15) is 17.5 Å². The van der Waals surface area contributed by atoms with Gasteiger partial charge in [0.2, 0.25) is 5.91 Å². The van der Waals surface area contributed by atoms with E-state index in [1.165, 1.54) is 0 Å². The number of aromatic nitrogens is 2. The van der Waals surface area contributed by atoms with Crippen molar-refractivity contribution in [2.24, 2.45) is 0 Å². The number of carbonyl (C=O) groups excluding carboxylic acids is 1. The highest BCUT2D eigenvalue weighted by Gasteiger charge is 2.06. The van der Waals surface area contributed by atoms with Gasteiger partial charge in [0.15, 0.2) is 0 Å². The molecule has 0 bridgehead atoms. The standard InChI is InChI=1S/C19H16N4O/c20-12-15-5-4-6-17(11-15)22-19(24)10-9-16-13-21-23(14-16)18-7-2-1-3-8-18/h1-8,11,13-14H,9-10H2,(H,22,24). The van der Waals surface area contributed by atoms with Crippen LogP contribution in [0.15, 0.2) is 67.0 Å². The topological polar surface area (TPSA) is 70.7 Å². The molecule has 5 nitrogen and oxygen atoms in total. The predicted octanol–water partition coefficient (Wildman–Crippen LogP) is 3.32. The lowest BCUT2D eigenvalue weighted by Crippen LogP contribution is -2.12. The van der Waals surface area contributed by atoms with E-state index in [2.05, 4.69) is 16.5 Å². The minimum absolute atomic E-state index is 0.0856. The number of benzene rings is 2. The molecule has 0 aliphatic heterocycles. The molecule has 118 valence electrons. The zero-order chi connectivity index (χ0) is 16.8. The Balaban J connectivity index is 1.57. The van der Waals surface area contributed by atoms with E-state index in [-0.39, 0.29) is 5.91 Å². The van der Waals surface area contributed by atoms with Crippen LogP contribution in [-0.4, -0.2) is 15.7 Å². The predicted molar refractivity (Wildman–Crippen MR) is 91.7 cm³/mol. The van der Waals surface area contributed by atoms with Crippen molar-refractivity contribution in [1.82, 2.24) is 9.78 Å². The molecule has 0 unspecified atom stereocenters. The van der Waals surface area contributed by atoms with E-state index in [1.54, 1.807) is 35.1 Å². The zero-order valence-electron chi connectivity index (χ0n) is 13.0. The lowest BCUT2D eigenvalue weighted by Gasteiger charge is -2.04. The van der Waals surface area contributed by atoms with Crippen LogP contribution in [0.2, 0.25) is 0 Å². The Labute approximate surface area is 140 Å². The van der Waals surface area contributed by atoms with Crippen molar-refractivity contribution in [2.45, 2.75) is 12.8 Å². The van der Waals surface area contributed by atoms with Gasteiger partial charge in [-0.1, -0.05) is 24.3 Å². The molecule has 1 heterocycles. The van der Waals surface area contributed by atoms with Gasteiger partial charge in [-0.15, -0.1) is 0 Å². The molecule has 3 aromatic rings. The van der Waals surface area contributed by atoms with Crippen molar-refractivity contribution < 1.29 is 4.79 Å². The Morgan fingerprint density at radius 2 is 2.00 bits per heavy atom. The normalized spacial score (nSPS) is 10.1. The Kier molecular flexibility index (Phi) is 4.68. The second kappa shape index (κ2) is 7.25. The van der Waals surface area contributed by atoms with Crippen molar-refractivity contribution >= 4 is 11.6 Å². The number of hydrogen-bond acceptors (Lipinski definition) is 3. The maximum Gasteiger partial charge on any atom is 0.224 e. The molecule has 0 aliphatic carbocycles. The molecule has 1 N–H and O–H groups in total. The van der Waals surface area contributed by atoms with Crippen LogP contribution >= 0.6 is 0 Å². The number of amides is 1. The zero-order valence-corrected chi connectivity index (χ0v) is 13.0. The molecule has 0 aliphatic rings. The maximum atomic E-state index is 12.0. The van der Waals surface area contributed by atoms with Crippen LogP contribution < -0.4 is 5.32 Å². The summed E-state index contributed by atoms with van der Waals surface area (Å²) in [5, 5.41) is 16.0.